The highest BCUT2D eigenvalue weighted by molar-refractivity contribution is 5.89. The number of aliphatic hydroxyl groups excluding tert-OH is 1. The van der Waals surface area contributed by atoms with Gasteiger partial charge in [-0.15, -0.1) is 0 Å². The first-order chi connectivity index (χ1) is 15.0. The topological polar surface area (TPSA) is 85.3 Å². The predicted molar refractivity (Wildman–Crippen MR) is 126 cm³/mol. The van der Waals surface area contributed by atoms with Crippen molar-refractivity contribution in [3.63, 3.8) is 0 Å². The molecule has 4 N–H and O–H groups in total. The minimum absolute atomic E-state index is 0.143. The number of aliphatic hydroxyl groups is 1. The van der Waals surface area contributed by atoms with Crippen molar-refractivity contribution in [1.29, 1.82) is 0 Å². The number of aliphatic carboxylic acids is 1. The molecule has 1 atom stereocenters. The lowest BCUT2D eigenvalue weighted by Gasteiger charge is -2.13. The Morgan fingerprint density at radius 3 is 2.81 bits per heavy atom. The Labute approximate surface area is 183 Å². The molecule has 0 radical (unpaired) electrons. The number of nitrogens with one attached hydrogen (secondary N) is 2. The summed E-state index contributed by atoms with van der Waals surface area (Å²) < 4.78 is 0. The fourth-order valence-electron chi connectivity index (χ4n) is 4.19. The van der Waals surface area contributed by atoms with Crippen LogP contribution < -0.4 is 5.32 Å². The van der Waals surface area contributed by atoms with Gasteiger partial charge in [0.25, 0.3) is 0 Å². The van der Waals surface area contributed by atoms with E-state index in [0.717, 1.165) is 24.0 Å². The van der Waals surface area contributed by atoms with Gasteiger partial charge in [0.2, 0.25) is 0 Å². The van der Waals surface area contributed by atoms with E-state index in [2.05, 4.69) is 59.8 Å². The molecule has 2 aromatic carbocycles. The molecule has 1 aromatic heterocycles. The summed E-state index contributed by atoms with van der Waals surface area (Å²) in [4.78, 5) is 13.9. The molecule has 5 nitrogen and oxygen atoms in total. The van der Waals surface area contributed by atoms with Gasteiger partial charge in [0, 0.05) is 35.8 Å². The zero-order valence-electron chi connectivity index (χ0n) is 18.3. The zero-order valence-corrected chi connectivity index (χ0v) is 18.3. The van der Waals surface area contributed by atoms with Crippen molar-refractivity contribution in [2.24, 2.45) is 0 Å². The van der Waals surface area contributed by atoms with Gasteiger partial charge in [0.15, 0.2) is 0 Å². The molecule has 5 heteroatoms. The van der Waals surface area contributed by atoms with Gasteiger partial charge in [0.1, 0.15) is 0 Å². The van der Waals surface area contributed by atoms with E-state index in [9.17, 15) is 4.79 Å². The van der Waals surface area contributed by atoms with Crippen LogP contribution in [-0.4, -0.2) is 34.3 Å². The highest BCUT2D eigenvalue weighted by Crippen LogP contribution is 2.33. The maximum atomic E-state index is 10.7. The molecule has 31 heavy (non-hydrogen) atoms. The molecular weight excluding hydrogens is 388 g/mol. The van der Waals surface area contributed by atoms with Gasteiger partial charge < -0.3 is 20.5 Å². The Morgan fingerprint density at radius 1 is 1.26 bits per heavy atom. The van der Waals surface area contributed by atoms with Crippen LogP contribution in [0.1, 0.15) is 55.0 Å². The minimum Gasteiger partial charge on any atom is -0.478 e. The summed E-state index contributed by atoms with van der Waals surface area (Å²) in [6.45, 7) is 4.77. The van der Waals surface area contributed by atoms with Crippen molar-refractivity contribution in [3.05, 3.63) is 77.0 Å². The summed E-state index contributed by atoms with van der Waals surface area (Å²) in [5.74, 6) is -0.916. The third-order valence-corrected chi connectivity index (χ3v) is 5.71. The molecule has 0 aliphatic heterocycles. The van der Waals surface area contributed by atoms with E-state index in [4.69, 9.17) is 10.2 Å². The second-order valence-electron chi connectivity index (χ2n) is 7.96. The molecule has 164 valence electrons. The number of aromatic nitrogens is 1. The van der Waals surface area contributed by atoms with Crippen LogP contribution in [0.4, 0.5) is 0 Å². The maximum Gasteiger partial charge on any atom is 0.328 e. The minimum atomic E-state index is -0.916. The number of carbonyl (C=O) groups is 1. The number of hydrogen-bond donors (Lipinski definition) is 4. The van der Waals surface area contributed by atoms with Gasteiger partial charge >= 0.3 is 5.97 Å². The number of aromatic amines is 1. The summed E-state index contributed by atoms with van der Waals surface area (Å²) in [5, 5.41) is 22.3. The van der Waals surface area contributed by atoms with Gasteiger partial charge in [-0.3, -0.25) is 0 Å². The lowest BCUT2D eigenvalue weighted by Crippen LogP contribution is -2.22. The van der Waals surface area contributed by atoms with Crippen molar-refractivity contribution < 1.29 is 15.0 Å². The van der Waals surface area contributed by atoms with Crippen molar-refractivity contribution in [1.82, 2.24) is 10.3 Å². The number of fused-ring (bicyclic) bond motifs is 2. The first-order valence-electron chi connectivity index (χ1n) is 11.0. The lowest BCUT2D eigenvalue weighted by molar-refractivity contribution is -0.131. The highest BCUT2D eigenvalue weighted by Gasteiger charge is 2.21. The number of aryl methyl sites for hydroxylation is 2. The normalized spacial score (nSPS) is 15.5. The first kappa shape index (κ1) is 22.8. The van der Waals surface area contributed by atoms with Crippen LogP contribution in [-0.2, 0) is 17.6 Å². The van der Waals surface area contributed by atoms with Crippen LogP contribution in [0.3, 0.4) is 0 Å². The standard InChI is InChI=1S/C15H19NO3.C11H13N/c1-10(8-15(18)19)11-2-4-13-12(9-11)3-5-14(13)16-6-7-17;1-2-5-9-8-12-11-7-4-3-6-10(9)11/h2,4,8-9,14,16-17H,3,5-7H2,1H3,(H,18,19);3-4,6-8,12H,2,5H2,1H3/t14-;/m0./s1. The van der Waals surface area contributed by atoms with Crippen molar-refractivity contribution in [3.8, 4) is 0 Å². The molecule has 0 unspecified atom stereocenters. The molecule has 1 aliphatic rings. The third-order valence-electron chi connectivity index (χ3n) is 5.71. The molecular formula is C26H32N2O3. The SMILES string of the molecule is CC(=CC(=O)O)c1ccc2c(c1)CC[C@@H]2NCCO.CCCc1c[nH]c2ccccc12. The van der Waals surface area contributed by atoms with Crippen molar-refractivity contribution >= 4 is 22.4 Å². The van der Waals surface area contributed by atoms with E-state index in [1.807, 2.05) is 13.0 Å². The van der Waals surface area contributed by atoms with Gasteiger partial charge in [-0.25, -0.2) is 4.79 Å². The summed E-state index contributed by atoms with van der Waals surface area (Å²) in [5.41, 5.74) is 6.95. The molecule has 0 saturated heterocycles. The van der Waals surface area contributed by atoms with E-state index >= 15 is 0 Å². The van der Waals surface area contributed by atoms with Crippen LogP contribution >= 0.6 is 0 Å². The fraction of sp³-hybridized carbons (Fsp3) is 0.346. The van der Waals surface area contributed by atoms with Gasteiger partial charge in [-0.1, -0.05) is 49.7 Å². The van der Waals surface area contributed by atoms with Crippen LogP contribution in [0.5, 0.6) is 0 Å². The van der Waals surface area contributed by atoms with E-state index < -0.39 is 5.97 Å². The maximum absolute atomic E-state index is 10.7. The predicted octanol–water partition coefficient (Wildman–Crippen LogP) is 4.86. The van der Waals surface area contributed by atoms with Crippen LogP contribution in [0.15, 0.2) is 54.7 Å². The Balaban J connectivity index is 0.000000194. The summed E-state index contributed by atoms with van der Waals surface area (Å²) in [6, 6.07) is 14.9. The average Bonchev–Trinajstić information content (AvgIpc) is 3.36. The monoisotopic (exact) mass is 420 g/mol. The second kappa shape index (κ2) is 10.9. The molecule has 1 heterocycles. The number of carboxylic acid groups (broad SMARTS) is 1. The summed E-state index contributed by atoms with van der Waals surface area (Å²) >= 11 is 0. The number of para-hydroxylation sites is 1. The zero-order chi connectivity index (χ0) is 22.2. The van der Waals surface area contributed by atoms with Crippen LogP contribution in [0.25, 0.3) is 16.5 Å². The Bertz CT molecular complexity index is 1050. The Kier molecular flexibility index (Phi) is 8.04. The summed E-state index contributed by atoms with van der Waals surface area (Å²) in [6.07, 6.45) is 7.76. The van der Waals surface area contributed by atoms with Crippen molar-refractivity contribution in [2.75, 3.05) is 13.2 Å². The molecule has 4 rings (SSSR count). The highest BCUT2D eigenvalue weighted by atomic mass is 16.4. The Morgan fingerprint density at radius 2 is 2.06 bits per heavy atom. The fourth-order valence-corrected chi connectivity index (χ4v) is 4.19. The van der Waals surface area contributed by atoms with Gasteiger partial charge in [0.05, 0.1) is 6.61 Å². The smallest absolute Gasteiger partial charge is 0.328 e. The van der Waals surface area contributed by atoms with Crippen LogP contribution in [0, 0.1) is 0 Å². The van der Waals surface area contributed by atoms with E-state index in [0.29, 0.717) is 12.6 Å². The molecule has 3 aromatic rings. The third kappa shape index (κ3) is 5.84. The molecule has 0 fully saturated rings. The molecule has 0 saturated carbocycles. The largest absolute Gasteiger partial charge is 0.478 e. The van der Waals surface area contributed by atoms with Crippen molar-refractivity contribution in [2.45, 2.75) is 45.6 Å². The second-order valence-corrected chi connectivity index (χ2v) is 7.96. The number of rotatable bonds is 7. The lowest BCUT2D eigenvalue weighted by atomic mass is 10.0. The number of allylic oxidation sites excluding steroid dienone is 1. The number of benzene rings is 2. The Hall–Kier alpha value is -2.89. The molecule has 0 amide bonds. The van der Waals surface area contributed by atoms with E-state index in [-0.39, 0.29) is 6.61 Å². The quantitative estimate of drug-likeness (QED) is 0.411. The van der Waals surface area contributed by atoms with E-state index in [1.54, 1.807) is 0 Å². The molecule has 0 spiro atoms. The van der Waals surface area contributed by atoms with Gasteiger partial charge in [-0.2, -0.15) is 0 Å². The first-order valence-corrected chi connectivity index (χ1v) is 11.0. The number of H-pyrrole nitrogens is 1. The van der Waals surface area contributed by atoms with Gasteiger partial charge in [-0.05, 0) is 60.1 Å². The summed E-state index contributed by atoms with van der Waals surface area (Å²) in [7, 11) is 0. The molecule has 1 aliphatic carbocycles. The molecule has 0 bridgehead atoms. The average molecular weight is 421 g/mol. The van der Waals surface area contributed by atoms with E-state index in [1.165, 1.54) is 46.5 Å². The van der Waals surface area contributed by atoms with Crippen LogP contribution in [0.2, 0.25) is 0 Å². The number of carboxylic acids is 1. The number of hydrogen-bond acceptors (Lipinski definition) is 3.